The fraction of sp³-hybridized carbons (Fsp3) is 0.909. The lowest BCUT2D eigenvalue weighted by Crippen LogP contribution is -2.49. The molecule has 1 aliphatic rings. The summed E-state index contributed by atoms with van der Waals surface area (Å²) in [5, 5.41) is 0. The molecule has 0 spiro atoms. The number of nitrogens with zero attached hydrogens (tertiary/aromatic N) is 1. The van der Waals surface area contributed by atoms with Crippen LogP contribution in [-0.2, 0) is 4.79 Å². The Labute approximate surface area is 95.2 Å². The van der Waals surface area contributed by atoms with E-state index in [9.17, 15) is 4.79 Å². The van der Waals surface area contributed by atoms with E-state index in [0.717, 1.165) is 19.4 Å². The molecule has 82 valence electrons. The first kappa shape index (κ1) is 12.0. The summed E-state index contributed by atoms with van der Waals surface area (Å²) in [6.07, 6.45) is 4.68. The van der Waals surface area contributed by atoms with Gasteiger partial charge in [0.1, 0.15) is 0 Å². The average Bonchev–Trinajstić information content (AvgIpc) is 2.15. The monoisotopic (exact) mass is 261 g/mol. The van der Waals surface area contributed by atoms with Crippen LogP contribution in [0.25, 0.3) is 0 Å². The minimum atomic E-state index is -0.405. The maximum absolute atomic E-state index is 12.1. The molecule has 0 N–H and O–H groups in total. The maximum Gasteiger partial charge on any atom is 0.239 e. The molecule has 1 unspecified atom stereocenters. The number of likely N-dealkylation sites (tertiary alicyclic amines) is 1. The Morgan fingerprint density at radius 1 is 1.50 bits per heavy atom. The zero-order valence-electron chi connectivity index (χ0n) is 9.35. The van der Waals surface area contributed by atoms with Gasteiger partial charge in [0.05, 0.1) is 4.32 Å². The molecule has 1 heterocycles. The Kier molecular flexibility index (Phi) is 3.99. The first-order valence-corrected chi connectivity index (χ1v) is 6.26. The highest BCUT2D eigenvalue weighted by atomic mass is 79.9. The van der Waals surface area contributed by atoms with Crippen LogP contribution in [0.15, 0.2) is 0 Å². The van der Waals surface area contributed by atoms with Crippen molar-refractivity contribution >= 4 is 21.8 Å². The molecule has 3 heteroatoms. The van der Waals surface area contributed by atoms with Gasteiger partial charge in [-0.3, -0.25) is 4.79 Å². The van der Waals surface area contributed by atoms with E-state index in [1.54, 1.807) is 0 Å². The SMILES string of the molecule is CCC1CCCCN1C(=O)C(C)(C)Br. The Hall–Kier alpha value is -0.0500. The molecule has 1 amide bonds. The molecular weight excluding hydrogens is 242 g/mol. The van der Waals surface area contributed by atoms with Gasteiger partial charge < -0.3 is 4.90 Å². The second kappa shape index (κ2) is 4.65. The fourth-order valence-electron chi connectivity index (χ4n) is 2.03. The van der Waals surface area contributed by atoms with Crippen LogP contribution < -0.4 is 0 Å². The lowest BCUT2D eigenvalue weighted by Gasteiger charge is -2.38. The van der Waals surface area contributed by atoms with Crippen LogP contribution in [0.2, 0.25) is 0 Å². The van der Waals surface area contributed by atoms with Crippen molar-refractivity contribution in [3.05, 3.63) is 0 Å². The van der Waals surface area contributed by atoms with E-state index in [1.807, 2.05) is 13.8 Å². The van der Waals surface area contributed by atoms with Crippen LogP contribution in [0.1, 0.15) is 46.5 Å². The summed E-state index contributed by atoms with van der Waals surface area (Å²) in [5.74, 6) is 0.240. The normalized spacial score (nSPS) is 23.7. The van der Waals surface area contributed by atoms with E-state index in [0.29, 0.717) is 6.04 Å². The number of halogens is 1. The molecule has 0 saturated carbocycles. The smallest absolute Gasteiger partial charge is 0.239 e. The lowest BCUT2D eigenvalue weighted by atomic mass is 9.98. The number of rotatable bonds is 2. The molecule has 0 radical (unpaired) electrons. The van der Waals surface area contributed by atoms with Crippen LogP contribution >= 0.6 is 15.9 Å². The van der Waals surface area contributed by atoms with Gasteiger partial charge in [-0.25, -0.2) is 0 Å². The van der Waals surface area contributed by atoms with Crippen LogP contribution in [0.4, 0.5) is 0 Å². The molecule has 0 aromatic carbocycles. The average molecular weight is 262 g/mol. The minimum Gasteiger partial charge on any atom is -0.339 e. The summed E-state index contributed by atoms with van der Waals surface area (Å²) in [6, 6.07) is 0.466. The Balaban J connectivity index is 2.69. The molecular formula is C11H20BrNO. The van der Waals surface area contributed by atoms with Crippen molar-refractivity contribution in [3.8, 4) is 0 Å². The first-order valence-electron chi connectivity index (χ1n) is 5.46. The summed E-state index contributed by atoms with van der Waals surface area (Å²) < 4.78 is -0.405. The van der Waals surface area contributed by atoms with Crippen molar-refractivity contribution in [1.82, 2.24) is 4.90 Å². The number of hydrogen-bond acceptors (Lipinski definition) is 1. The van der Waals surface area contributed by atoms with Gasteiger partial charge in [-0.15, -0.1) is 0 Å². The predicted molar refractivity (Wildman–Crippen MR) is 62.6 cm³/mol. The molecule has 1 atom stereocenters. The van der Waals surface area contributed by atoms with Gasteiger partial charge >= 0.3 is 0 Å². The number of carbonyl (C=O) groups is 1. The highest BCUT2D eigenvalue weighted by Crippen LogP contribution is 2.26. The van der Waals surface area contributed by atoms with E-state index in [4.69, 9.17) is 0 Å². The quantitative estimate of drug-likeness (QED) is 0.701. The Morgan fingerprint density at radius 2 is 2.14 bits per heavy atom. The van der Waals surface area contributed by atoms with Gasteiger partial charge in [-0.1, -0.05) is 22.9 Å². The molecule has 1 saturated heterocycles. The minimum absolute atomic E-state index is 0.240. The fourth-order valence-corrected chi connectivity index (χ4v) is 2.26. The summed E-state index contributed by atoms with van der Waals surface area (Å²) in [6.45, 7) is 6.96. The van der Waals surface area contributed by atoms with E-state index in [-0.39, 0.29) is 5.91 Å². The third-order valence-corrected chi connectivity index (χ3v) is 3.21. The van der Waals surface area contributed by atoms with Gasteiger partial charge in [0.25, 0.3) is 0 Å². The van der Waals surface area contributed by atoms with Crippen molar-refractivity contribution in [1.29, 1.82) is 0 Å². The third-order valence-electron chi connectivity index (χ3n) is 2.87. The Morgan fingerprint density at radius 3 is 2.64 bits per heavy atom. The topological polar surface area (TPSA) is 20.3 Å². The van der Waals surface area contributed by atoms with Crippen molar-refractivity contribution in [2.24, 2.45) is 0 Å². The number of hydrogen-bond donors (Lipinski definition) is 0. The van der Waals surface area contributed by atoms with Crippen molar-refractivity contribution < 1.29 is 4.79 Å². The van der Waals surface area contributed by atoms with Crippen LogP contribution in [0.5, 0.6) is 0 Å². The molecule has 2 nitrogen and oxygen atoms in total. The van der Waals surface area contributed by atoms with Gasteiger partial charge in [-0.05, 0) is 39.5 Å². The largest absolute Gasteiger partial charge is 0.339 e. The highest BCUT2D eigenvalue weighted by Gasteiger charge is 2.33. The summed E-state index contributed by atoms with van der Waals surface area (Å²) >= 11 is 3.44. The molecule has 0 aromatic heterocycles. The predicted octanol–water partition coefficient (Wildman–Crippen LogP) is 2.95. The van der Waals surface area contributed by atoms with Crippen molar-refractivity contribution in [3.63, 3.8) is 0 Å². The summed E-state index contributed by atoms with van der Waals surface area (Å²) in [5.41, 5.74) is 0. The van der Waals surface area contributed by atoms with Crippen LogP contribution in [0.3, 0.4) is 0 Å². The molecule has 0 bridgehead atoms. The molecule has 1 aliphatic heterocycles. The second-order valence-corrected chi connectivity index (χ2v) is 6.51. The van der Waals surface area contributed by atoms with Gasteiger partial charge in [-0.2, -0.15) is 0 Å². The molecule has 0 aromatic rings. The van der Waals surface area contributed by atoms with Gasteiger partial charge in [0.15, 0.2) is 0 Å². The standard InChI is InChI=1S/C11H20BrNO/c1-4-9-7-5-6-8-13(9)10(14)11(2,3)12/h9H,4-8H2,1-3H3. The zero-order valence-corrected chi connectivity index (χ0v) is 10.9. The number of piperidine rings is 1. The zero-order chi connectivity index (χ0) is 10.8. The number of alkyl halides is 1. The molecule has 1 rings (SSSR count). The van der Waals surface area contributed by atoms with Crippen LogP contribution in [-0.4, -0.2) is 27.7 Å². The second-order valence-electron chi connectivity index (χ2n) is 4.53. The molecule has 1 fully saturated rings. The lowest BCUT2D eigenvalue weighted by molar-refractivity contribution is -0.136. The van der Waals surface area contributed by atoms with Crippen molar-refractivity contribution in [2.45, 2.75) is 56.8 Å². The first-order chi connectivity index (χ1) is 6.46. The summed E-state index contributed by atoms with van der Waals surface area (Å²) in [7, 11) is 0. The van der Waals surface area contributed by atoms with Crippen LogP contribution in [0, 0.1) is 0 Å². The third kappa shape index (κ3) is 2.72. The molecule has 0 aliphatic carbocycles. The highest BCUT2D eigenvalue weighted by molar-refractivity contribution is 9.10. The van der Waals surface area contributed by atoms with E-state index in [1.165, 1.54) is 12.8 Å². The van der Waals surface area contributed by atoms with Gasteiger partial charge in [0, 0.05) is 12.6 Å². The maximum atomic E-state index is 12.1. The van der Waals surface area contributed by atoms with E-state index >= 15 is 0 Å². The van der Waals surface area contributed by atoms with Gasteiger partial charge in [0.2, 0.25) is 5.91 Å². The van der Waals surface area contributed by atoms with E-state index < -0.39 is 4.32 Å². The summed E-state index contributed by atoms with van der Waals surface area (Å²) in [4.78, 5) is 14.1. The molecule has 14 heavy (non-hydrogen) atoms. The Bertz CT molecular complexity index is 210. The van der Waals surface area contributed by atoms with E-state index in [2.05, 4.69) is 27.8 Å². The van der Waals surface area contributed by atoms with Crippen molar-refractivity contribution in [2.75, 3.05) is 6.54 Å². The number of amides is 1. The number of carbonyl (C=O) groups excluding carboxylic acids is 1.